The lowest BCUT2D eigenvalue weighted by Gasteiger charge is -2.29. The number of nitrogens with one attached hydrogen (secondary N) is 1. The van der Waals surface area contributed by atoms with Crippen LogP contribution >= 0.6 is 0 Å². The monoisotopic (exact) mass is 375 g/mol. The summed E-state index contributed by atoms with van der Waals surface area (Å²) < 4.78 is 34.8. The van der Waals surface area contributed by atoms with Crippen LogP contribution in [0.2, 0.25) is 0 Å². The van der Waals surface area contributed by atoms with Gasteiger partial charge < -0.3 is 4.74 Å². The molecule has 1 aliphatic rings. The second-order valence-corrected chi connectivity index (χ2v) is 8.44. The molecular weight excluding hydrogens is 350 g/mol. The van der Waals surface area contributed by atoms with Gasteiger partial charge in [0.25, 0.3) is 10.2 Å². The SMILES string of the molecule is CC1CCN(S(=O)(=O)NCc2ccnc(OCc3ccccc3)c2)CC1. The number of nitrogens with zero attached hydrogens (tertiary/aromatic N) is 2. The highest BCUT2D eigenvalue weighted by atomic mass is 32.2. The Balaban J connectivity index is 1.55. The third-order valence-corrected chi connectivity index (χ3v) is 6.12. The van der Waals surface area contributed by atoms with Crippen LogP contribution in [0.15, 0.2) is 48.7 Å². The standard InChI is InChI=1S/C19H25N3O3S/c1-16-8-11-22(12-9-16)26(23,24)21-14-18-7-10-20-19(13-18)25-15-17-5-3-2-4-6-17/h2-7,10,13,16,21H,8-9,11-12,14-15H2,1H3. The third kappa shape index (κ3) is 5.27. The molecule has 1 N–H and O–H groups in total. The summed E-state index contributed by atoms with van der Waals surface area (Å²) >= 11 is 0. The first-order valence-electron chi connectivity index (χ1n) is 8.89. The van der Waals surface area contributed by atoms with Crippen LogP contribution in [-0.4, -0.2) is 30.8 Å². The van der Waals surface area contributed by atoms with Crippen molar-refractivity contribution in [3.63, 3.8) is 0 Å². The van der Waals surface area contributed by atoms with Crippen molar-refractivity contribution in [3.05, 3.63) is 59.8 Å². The maximum atomic E-state index is 12.4. The first-order valence-corrected chi connectivity index (χ1v) is 10.3. The summed E-state index contributed by atoms with van der Waals surface area (Å²) in [4.78, 5) is 4.19. The van der Waals surface area contributed by atoms with Crippen molar-refractivity contribution in [1.29, 1.82) is 0 Å². The first-order chi connectivity index (χ1) is 12.5. The van der Waals surface area contributed by atoms with Crippen molar-refractivity contribution in [3.8, 4) is 5.88 Å². The minimum absolute atomic E-state index is 0.221. The molecule has 1 aromatic carbocycles. The van der Waals surface area contributed by atoms with Gasteiger partial charge in [0.15, 0.2) is 0 Å². The van der Waals surface area contributed by atoms with E-state index in [1.54, 1.807) is 18.3 Å². The van der Waals surface area contributed by atoms with Gasteiger partial charge in [0, 0.05) is 31.9 Å². The summed E-state index contributed by atoms with van der Waals surface area (Å²) in [6, 6.07) is 13.4. The molecule has 1 aromatic heterocycles. The van der Waals surface area contributed by atoms with Crippen molar-refractivity contribution in [2.24, 2.45) is 5.92 Å². The molecule has 0 unspecified atom stereocenters. The Morgan fingerprint density at radius 3 is 2.62 bits per heavy atom. The molecule has 1 aliphatic heterocycles. The second kappa shape index (κ2) is 8.62. The average Bonchev–Trinajstić information content (AvgIpc) is 2.66. The van der Waals surface area contributed by atoms with Crippen LogP contribution in [0, 0.1) is 5.92 Å². The molecule has 0 atom stereocenters. The fourth-order valence-corrected chi connectivity index (χ4v) is 4.09. The van der Waals surface area contributed by atoms with E-state index in [4.69, 9.17) is 4.74 Å². The van der Waals surface area contributed by atoms with E-state index < -0.39 is 10.2 Å². The topological polar surface area (TPSA) is 71.5 Å². The van der Waals surface area contributed by atoms with E-state index in [-0.39, 0.29) is 6.54 Å². The molecule has 26 heavy (non-hydrogen) atoms. The maximum Gasteiger partial charge on any atom is 0.279 e. The lowest BCUT2D eigenvalue weighted by molar-refractivity contribution is 0.284. The van der Waals surface area contributed by atoms with Crippen LogP contribution in [-0.2, 0) is 23.4 Å². The molecule has 1 fully saturated rings. The number of hydrogen-bond donors (Lipinski definition) is 1. The quantitative estimate of drug-likeness (QED) is 0.808. The zero-order valence-electron chi connectivity index (χ0n) is 15.0. The molecule has 0 radical (unpaired) electrons. The zero-order valence-corrected chi connectivity index (χ0v) is 15.8. The van der Waals surface area contributed by atoms with E-state index in [0.717, 1.165) is 24.0 Å². The summed E-state index contributed by atoms with van der Waals surface area (Å²) in [5.74, 6) is 1.07. The Hall–Kier alpha value is -1.96. The number of benzene rings is 1. The predicted octanol–water partition coefficient (Wildman–Crippen LogP) is 2.73. The lowest BCUT2D eigenvalue weighted by Crippen LogP contribution is -2.44. The fraction of sp³-hybridized carbons (Fsp3) is 0.421. The second-order valence-electron chi connectivity index (χ2n) is 6.68. The number of pyridine rings is 1. The Labute approximate surface area is 155 Å². The molecular formula is C19H25N3O3S. The van der Waals surface area contributed by atoms with E-state index in [1.165, 1.54) is 4.31 Å². The van der Waals surface area contributed by atoms with Crippen LogP contribution in [0.5, 0.6) is 5.88 Å². The smallest absolute Gasteiger partial charge is 0.279 e. The van der Waals surface area contributed by atoms with Gasteiger partial charge in [-0.05, 0) is 36.0 Å². The Morgan fingerprint density at radius 1 is 1.15 bits per heavy atom. The molecule has 0 spiro atoms. The van der Waals surface area contributed by atoms with Crippen molar-refractivity contribution in [2.75, 3.05) is 13.1 Å². The Kier molecular flexibility index (Phi) is 6.24. The molecule has 1 saturated heterocycles. The fourth-order valence-electron chi connectivity index (χ4n) is 2.86. The van der Waals surface area contributed by atoms with Gasteiger partial charge in [0.2, 0.25) is 5.88 Å². The lowest BCUT2D eigenvalue weighted by atomic mass is 10.0. The highest BCUT2D eigenvalue weighted by molar-refractivity contribution is 7.87. The summed E-state index contributed by atoms with van der Waals surface area (Å²) in [7, 11) is -3.45. The van der Waals surface area contributed by atoms with Gasteiger partial charge in [-0.25, -0.2) is 4.98 Å². The Bertz CT molecular complexity index is 804. The van der Waals surface area contributed by atoms with Gasteiger partial charge >= 0.3 is 0 Å². The van der Waals surface area contributed by atoms with E-state index in [1.807, 2.05) is 30.3 Å². The van der Waals surface area contributed by atoms with Gasteiger partial charge in [-0.15, -0.1) is 0 Å². The van der Waals surface area contributed by atoms with Crippen molar-refractivity contribution >= 4 is 10.2 Å². The summed E-state index contributed by atoms with van der Waals surface area (Å²) in [5, 5.41) is 0. The van der Waals surface area contributed by atoms with E-state index in [0.29, 0.717) is 31.5 Å². The molecule has 2 heterocycles. The van der Waals surface area contributed by atoms with Crippen LogP contribution in [0.25, 0.3) is 0 Å². The minimum atomic E-state index is -3.45. The molecule has 3 rings (SSSR count). The van der Waals surface area contributed by atoms with Crippen molar-refractivity contribution in [2.45, 2.75) is 32.9 Å². The Morgan fingerprint density at radius 2 is 1.88 bits per heavy atom. The molecule has 0 bridgehead atoms. The number of rotatable bonds is 7. The van der Waals surface area contributed by atoms with Gasteiger partial charge in [-0.1, -0.05) is 37.3 Å². The zero-order chi connectivity index (χ0) is 18.4. The first kappa shape index (κ1) is 18.8. The van der Waals surface area contributed by atoms with E-state index >= 15 is 0 Å². The molecule has 2 aromatic rings. The van der Waals surface area contributed by atoms with Crippen LogP contribution in [0.3, 0.4) is 0 Å². The number of piperidine rings is 1. The third-order valence-electron chi connectivity index (χ3n) is 4.57. The maximum absolute atomic E-state index is 12.4. The number of hydrogen-bond acceptors (Lipinski definition) is 4. The van der Waals surface area contributed by atoms with Crippen molar-refractivity contribution in [1.82, 2.24) is 14.0 Å². The van der Waals surface area contributed by atoms with Crippen molar-refractivity contribution < 1.29 is 13.2 Å². The molecule has 140 valence electrons. The largest absolute Gasteiger partial charge is 0.473 e. The normalized spacial score (nSPS) is 16.5. The van der Waals surface area contributed by atoms with Crippen LogP contribution in [0.1, 0.15) is 30.9 Å². The highest BCUT2D eigenvalue weighted by Crippen LogP contribution is 2.18. The molecule has 6 nitrogen and oxygen atoms in total. The number of aromatic nitrogens is 1. The van der Waals surface area contributed by atoms with Crippen LogP contribution in [0.4, 0.5) is 0 Å². The van der Waals surface area contributed by atoms with Gasteiger partial charge in [-0.2, -0.15) is 17.4 Å². The molecule has 0 amide bonds. The average molecular weight is 375 g/mol. The van der Waals surface area contributed by atoms with Gasteiger partial charge in [-0.3, -0.25) is 0 Å². The van der Waals surface area contributed by atoms with E-state index in [9.17, 15) is 8.42 Å². The molecule has 7 heteroatoms. The minimum Gasteiger partial charge on any atom is -0.473 e. The molecule has 0 saturated carbocycles. The summed E-state index contributed by atoms with van der Waals surface area (Å²) in [6.45, 7) is 3.97. The predicted molar refractivity (Wildman–Crippen MR) is 101 cm³/mol. The van der Waals surface area contributed by atoms with Crippen LogP contribution < -0.4 is 9.46 Å². The summed E-state index contributed by atoms with van der Waals surface area (Å²) in [5.41, 5.74) is 1.87. The highest BCUT2D eigenvalue weighted by Gasteiger charge is 2.25. The molecule has 0 aliphatic carbocycles. The van der Waals surface area contributed by atoms with E-state index in [2.05, 4.69) is 16.6 Å². The van der Waals surface area contributed by atoms with Gasteiger partial charge in [0.05, 0.1) is 0 Å². The summed E-state index contributed by atoms with van der Waals surface area (Å²) in [6.07, 6.45) is 3.45. The number of ether oxygens (including phenoxy) is 1. The van der Waals surface area contributed by atoms with Gasteiger partial charge in [0.1, 0.15) is 6.61 Å².